The molecule has 0 bridgehead atoms. The van der Waals surface area contributed by atoms with Gasteiger partial charge in [-0.25, -0.2) is 12.8 Å². The van der Waals surface area contributed by atoms with E-state index in [1.54, 1.807) is 13.0 Å². The van der Waals surface area contributed by atoms with Gasteiger partial charge in [0, 0.05) is 48.3 Å². The summed E-state index contributed by atoms with van der Waals surface area (Å²) in [7, 11) is -3.91. The molecule has 2 fully saturated rings. The largest absolute Gasteiger partial charge is 0.418 e. The van der Waals surface area contributed by atoms with Crippen molar-refractivity contribution in [2.24, 2.45) is 0 Å². The fourth-order valence-corrected chi connectivity index (χ4v) is 8.23. The number of piperazine rings is 1. The maximum absolute atomic E-state index is 13.5. The number of rotatable bonds is 4. The summed E-state index contributed by atoms with van der Waals surface area (Å²) in [6.07, 6.45) is -4.12. The van der Waals surface area contributed by atoms with Crippen LogP contribution in [0.15, 0.2) is 34.5 Å². The number of hydrogen-bond acceptors (Lipinski definition) is 6. The Labute approximate surface area is 218 Å². The molecule has 0 saturated carbocycles. The molecule has 0 radical (unpaired) electrons. The van der Waals surface area contributed by atoms with E-state index in [2.05, 4.69) is 25.7 Å². The highest BCUT2D eigenvalue weighted by Gasteiger charge is 2.40. The molecular formula is C25H31F4N3O3S2. The van der Waals surface area contributed by atoms with Gasteiger partial charge in [0.25, 0.3) is 10.0 Å². The normalized spacial score (nSPS) is 23.0. The third-order valence-electron chi connectivity index (χ3n) is 7.05. The average molecular weight is 562 g/mol. The topological polar surface area (TPSA) is 60.9 Å². The van der Waals surface area contributed by atoms with Gasteiger partial charge in [-0.3, -0.25) is 9.69 Å². The highest BCUT2D eigenvalue weighted by molar-refractivity contribution is 7.91. The fraction of sp³-hybridized carbons (Fsp3) is 0.560. The second-order valence-electron chi connectivity index (χ2n) is 10.6. The Morgan fingerprint density at radius 1 is 1.03 bits per heavy atom. The summed E-state index contributed by atoms with van der Waals surface area (Å²) in [6.45, 7) is 8.88. The van der Waals surface area contributed by atoms with Crippen molar-refractivity contribution in [3.05, 3.63) is 46.6 Å². The molecule has 0 amide bonds. The minimum atomic E-state index is -4.74. The lowest BCUT2D eigenvalue weighted by Gasteiger charge is -2.40. The predicted octanol–water partition coefficient (Wildman–Crippen LogP) is 4.96. The van der Waals surface area contributed by atoms with Crippen LogP contribution >= 0.6 is 11.3 Å². The Balaban J connectivity index is 1.49. The molecule has 0 spiro atoms. The Bertz CT molecular complexity index is 1270. The number of sulfonamides is 1. The molecule has 2 saturated heterocycles. The third kappa shape index (κ3) is 5.71. The molecule has 2 aliphatic heterocycles. The van der Waals surface area contributed by atoms with Crippen molar-refractivity contribution in [2.45, 2.75) is 62.0 Å². The third-order valence-corrected chi connectivity index (χ3v) is 10.7. The molecule has 4 rings (SSSR count). The van der Waals surface area contributed by atoms with Gasteiger partial charge in [0.2, 0.25) is 0 Å². The first kappa shape index (κ1) is 28.0. The van der Waals surface area contributed by atoms with Gasteiger partial charge >= 0.3 is 6.18 Å². The Kier molecular flexibility index (Phi) is 7.52. The van der Waals surface area contributed by atoms with Crippen LogP contribution in [0, 0.1) is 5.82 Å². The van der Waals surface area contributed by atoms with E-state index in [-0.39, 0.29) is 46.8 Å². The Morgan fingerprint density at radius 3 is 2.32 bits per heavy atom. The van der Waals surface area contributed by atoms with E-state index in [1.165, 1.54) is 15.3 Å². The zero-order valence-electron chi connectivity index (χ0n) is 21.2. The summed E-state index contributed by atoms with van der Waals surface area (Å²) in [6, 6.07) is 5.11. The number of benzene rings is 1. The first-order valence-corrected chi connectivity index (χ1v) is 14.4. The number of likely N-dealkylation sites (tertiary alicyclic amines) is 1. The van der Waals surface area contributed by atoms with Crippen LogP contribution < -0.4 is 4.90 Å². The van der Waals surface area contributed by atoms with Crippen LogP contribution in [0.2, 0.25) is 0 Å². The molecule has 204 valence electrons. The van der Waals surface area contributed by atoms with Crippen molar-refractivity contribution in [3.8, 4) is 0 Å². The molecule has 0 N–H and O–H groups in total. The number of anilines is 1. The monoisotopic (exact) mass is 561 g/mol. The summed E-state index contributed by atoms with van der Waals surface area (Å²) < 4.78 is 82.4. The maximum Gasteiger partial charge on any atom is 0.418 e. The number of alkyl halides is 3. The van der Waals surface area contributed by atoms with Gasteiger partial charge in [0.15, 0.2) is 5.78 Å². The van der Waals surface area contributed by atoms with Gasteiger partial charge in [-0.1, -0.05) is 0 Å². The first-order valence-electron chi connectivity index (χ1n) is 12.1. The molecule has 1 unspecified atom stereocenters. The van der Waals surface area contributed by atoms with Crippen molar-refractivity contribution in [1.29, 1.82) is 0 Å². The van der Waals surface area contributed by atoms with E-state index in [1.807, 2.05) is 0 Å². The van der Waals surface area contributed by atoms with Gasteiger partial charge in [0.1, 0.15) is 10.0 Å². The van der Waals surface area contributed by atoms with Gasteiger partial charge in [-0.2, -0.15) is 17.5 Å². The number of carbonyl (C=O) groups excluding carboxylic acids is 1. The van der Waals surface area contributed by atoms with Crippen LogP contribution in [0.4, 0.5) is 23.2 Å². The molecule has 2 aliphatic rings. The molecule has 2 aromatic rings. The van der Waals surface area contributed by atoms with E-state index in [0.29, 0.717) is 23.9 Å². The minimum Gasteiger partial charge on any atom is -0.368 e. The smallest absolute Gasteiger partial charge is 0.368 e. The molecular weight excluding hydrogens is 530 g/mol. The molecule has 0 aliphatic carbocycles. The molecule has 2 atom stereocenters. The molecule has 1 aromatic heterocycles. The second kappa shape index (κ2) is 9.94. The molecule has 6 nitrogen and oxygen atoms in total. The van der Waals surface area contributed by atoms with Crippen molar-refractivity contribution >= 4 is 32.8 Å². The van der Waals surface area contributed by atoms with Crippen LogP contribution in [0.3, 0.4) is 0 Å². The number of nitrogens with zero attached hydrogens (tertiary/aromatic N) is 3. The van der Waals surface area contributed by atoms with Gasteiger partial charge in [0.05, 0.1) is 18.0 Å². The quantitative estimate of drug-likeness (QED) is 0.494. The molecule has 1 aromatic carbocycles. The predicted molar refractivity (Wildman–Crippen MR) is 135 cm³/mol. The first-order chi connectivity index (χ1) is 17.1. The van der Waals surface area contributed by atoms with Crippen LogP contribution in [-0.2, 0) is 21.0 Å². The average Bonchev–Trinajstić information content (AvgIpc) is 3.28. The van der Waals surface area contributed by atoms with E-state index in [0.717, 1.165) is 30.0 Å². The van der Waals surface area contributed by atoms with Crippen molar-refractivity contribution < 1.29 is 30.8 Å². The zero-order valence-corrected chi connectivity index (χ0v) is 22.8. The molecule has 37 heavy (non-hydrogen) atoms. The van der Waals surface area contributed by atoms with E-state index in [9.17, 15) is 30.8 Å². The van der Waals surface area contributed by atoms with Crippen LogP contribution in [0.1, 0.15) is 50.5 Å². The van der Waals surface area contributed by atoms with Gasteiger partial charge < -0.3 is 4.90 Å². The SMILES string of the molecule is C[C@@H]1CN(c2ccc(F)cc2C(F)(F)F)CCN1S(=O)(=O)c1ccc(C2CCN(C(C)(C)C)CC2=O)s1. The van der Waals surface area contributed by atoms with Gasteiger partial charge in [-0.05, 0) is 64.4 Å². The summed E-state index contributed by atoms with van der Waals surface area (Å²) in [4.78, 5) is 17.1. The lowest BCUT2D eigenvalue weighted by atomic mass is 9.91. The second-order valence-corrected chi connectivity index (χ2v) is 13.9. The summed E-state index contributed by atoms with van der Waals surface area (Å²) in [5.41, 5.74) is -1.38. The van der Waals surface area contributed by atoms with Crippen molar-refractivity contribution in [3.63, 3.8) is 0 Å². The minimum absolute atomic E-state index is 0.0195. The van der Waals surface area contributed by atoms with Gasteiger partial charge in [-0.15, -0.1) is 11.3 Å². The number of piperidine rings is 1. The number of thiophene rings is 1. The van der Waals surface area contributed by atoms with Crippen LogP contribution in [0.5, 0.6) is 0 Å². The van der Waals surface area contributed by atoms with Crippen molar-refractivity contribution in [2.75, 3.05) is 37.6 Å². The van der Waals surface area contributed by atoms with E-state index in [4.69, 9.17) is 0 Å². The fourth-order valence-electron chi connectivity index (χ4n) is 5.00. The number of hydrogen-bond donors (Lipinski definition) is 0. The van der Waals surface area contributed by atoms with E-state index < -0.39 is 33.6 Å². The molecule has 12 heteroatoms. The summed E-state index contributed by atoms with van der Waals surface area (Å²) >= 11 is 1.09. The lowest BCUT2D eigenvalue weighted by molar-refractivity contribution is -0.137. The van der Waals surface area contributed by atoms with Crippen LogP contribution in [0.25, 0.3) is 0 Å². The number of carbonyl (C=O) groups is 1. The van der Waals surface area contributed by atoms with E-state index >= 15 is 0 Å². The standard InChI is InChI=1S/C25H31F4N3O3S2/c1-16-14-30(20-6-5-17(26)13-19(20)25(27,28)29)11-12-32(16)37(34,35)23-8-7-22(36-23)18-9-10-31(15-21(18)33)24(2,3)4/h5-8,13,16,18H,9-12,14-15H2,1-4H3/t16-,18?/m1/s1. The summed E-state index contributed by atoms with van der Waals surface area (Å²) in [5, 5.41) is 0. The number of Topliss-reactive ketones (excluding diaryl/α,β-unsaturated/α-hetero) is 1. The number of ketones is 1. The van der Waals surface area contributed by atoms with Crippen LogP contribution in [-0.4, -0.2) is 67.7 Å². The maximum atomic E-state index is 13.5. The zero-order chi connectivity index (χ0) is 27.3. The highest BCUT2D eigenvalue weighted by Crippen LogP contribution is 2.39. The Morgan fingerprint density at radius 2 is 1.73 bits per heavy atom. The highest BCUT2D eigenvalue weighted by atomic mass is 32.2. The summed E-state index contributed by atoms with van der Waals surface area (Å²) in [5.74, 6) is -1.27. The lowest BCUT2D eigenvalue weighted by Crippen LogP contribution is -2.54. The number of halogens is 4. The molecule has 3 heterocycles. The van der Waals surface area contributed by atoms with Crippen molar-refractivity contribution in [1.82, 2.24) is 9.21 Å². The Hall–Kier alpha value is -2.02.